The molecule has 0 radical (unpaired) electrons. The van der Waals surface area contributed by atoms with Gasteiger partial charge >= 0.3 is 0 Å². The molecule has 7 nitrogen and oxygen atoms in total. The summed E-state index contributed by atoms with van der Waals surface area (Å²) < 4.78 is 5.78. The molecule has 2 aromatic heterocycles. The highest BCUT2D eigenvalue weighted by atomic mass is 16.4. The van der Waals surface area contributed by atoms with E-state index in [9.17, 15) is 9.59 Å². The molecule has 2 aliphatic carbocycles. The van der Waals surface area contributed by atoms with Crippen LogP contribution < -0.4 is 5.32 Å². The Bertz CT molecular complexity index is 751. The number of aryl methyl sites for hydroxylation is 2. The van der Waals surface area contributed by atoms with E-state index in [1.165, 1.54) is 11.8 Å². The zero-order chi connectivity index (χ0) is 17.4. The van der Waals surface area contributed by atoms with E-state index in [4.69, 9.17) is 4.42 Å². The minimum absolute atomic E-state index is 0.0704. The monoisotopic (exact) mass is 342 g/mol. The summed E-state index contributed by atoms with van der Waals surface area (Å²) in [5.74, 6) is 1.21. The number of carbonyl (C=O) groups excluding carboxylic acids is 2. The fourth-order valence-corrected chi connectivity index (χ4v) is 3.60. The van der Waals surface area contributed by atoms with Gasteiger partial charge in [0.2, 0.25) is 0 Å². The molecule has 1 fully saturated rings. The summed E-state index contributed by atoms with van der Waals surface area (Å²) in [5.41, 5.74) is 1.70. The summed E-state index contributed by atoms with van der Waals surface area (Å²) in [6, 6.07) is 2.13. The molecule has 0 spiro atoms. The molecule has 2 aliphatic rings. The first-order valence-electron chi connectivity index (χ1n) is 8.80. The number of fused-ring (bicyclic) bond motifs is 1. The van der Waals surface area contributed by atoms with Crippen LogP contribution in [0.1, 0.15) is 57.9 Å². The molecule has 25 heavy (non-hydrogen) atoms. The fourth-order valence-electron chi connectivity index (χ4n) is 3.60. The Hall–Kier alpha value is -2.57. The highest BCUT2D eigenvalue weighted by Gasteiger charge is 2.36. The molecule has 4 rings (SSSR count). The van der Waals surface area contributed by atoms with Gasteiger partial charge in [-0.15, -0.1) is 0 Å². The van der Waals surface area contributed by atoms with E-state index in [-0.39, 0.29) is 23.9 Å². The number of hydrogen-bond acceptors (Lipinski definition) is 4. The van der Waals surface area contributed by atoms with Crippen molar-refractivity contribution in [1.29, 1.82) is 0 Å². The Balaban J connectivity index is 1.32. The molecule has 0 unspecified atom stereocenters. The zero-order valence-corrected chi connectivity index (χ0v) is 14.2. The van der Waals surface area contributed by atoms with Crippen molar-refractivity contribution in [2.45, 2.75) is 50.6 Å². The smallest absolute Gasteiger partial charge is 0.289 e. The van der Waals surface area contributed by atoms with E-state index in [2.05, 4.69) is 15.5 Å². The number of aromatic amines is 1. The Morgan fingerprint density at radius 2 is 2.12 bits per heavy atom. The first kappa shape index (κ1) is 15.9. The van der Waals surface area contributed by atoms with Crippen LogP contribution in [-0.4, -0.2) is 46.0 Å². The Labute approximate surface area is 145 Å². The molecule has 2 heterocycles. The highest BCUT2D eigenvalue weighted by molar-refractivity contribution is 5.94. The van der Waals surface area contributed by atoms with Crippen LogP contribution in [0.2, 0.25) is 0 Å². The number of nitrogens with one attached hydrogen (secondary N) is 2. The van der Waals surface area contributed by atoms with E-state index in [1.54, 1.807) is 11.1 Å². The minimum Gasteiger partial charge on any atom is -0.456 e. The third-order valence-electron chi connectivity index (χ3n) is 5.28. The van der Waals surface area contributed by atoms with Crippen LogP contribution in [0, 0.1) is 0 Å². The summed E-state index contributed by atoms with van der Waals surface area (Å²) in [6.45, 7) is 0. The van der Waals surface area contributed by atoms with E-state index < -0.39 is 0 Å². The second kappa shape index (κ2) is 6.38. The van der Waals surface area contributed by atoms with Crippen LogP contribution in [-0.2, 0) is 12.8 Å². The van der Waals surface area contributed by atoms with Crippen LogP contribution >= 0.6 is 0 Å². The molecular weight excluding hydrogens is 320 g/mol. The number of carbonyl (C=O) groups is 2. The van der Waals surface area contributed by atoms with Gasteiger partial charge in [-0.05, 0) is 43.7 Å². The lowest BCUT2D eigenvalue weighted by atomic mass is 9.85. The molecule has 7 heteroatoms. The first-order valence-corrected chi connectivity index (χ1v) is 8.80. The Kier molecular flexibility index (Phi) is 4.07. The number of furan rings is 1. The van der Waals surface area contributed by atoms with Crippen molar-refractivity contribution in [2.75, 3.05) is 7.05 Å². The van der Waals surface area contributed by atoms with Crippen LogP contribution in [0.5, 0.6) is 0 Å². The van der Waals surface area contributed by atoms with Gasteiger partial charge in [0.1, 0.15) is 5.76 Å². The van der Waals surface area contributed by atoms with Crippen LogP contribution in [0.15, 0.2) is 22.9 Å². The first-order chi connectivity index (χ1) is 12.1. The van der Waals surface area contributed by atoms with Gasteiger partial charge in [-0.2, -0.15) is 5.10 Å². The fraction of sp³-hybridized carbons (Fsp3) is 0.500. The van der Waals surface area contributed by atoms with Gasteiger partial charge in [0.15, 0.2) is 5.76 Å². The van der Waals surface area contributed by atoms with Crippen molar-refractivity contribution >= 4 is 11.8 Å². The lowest BCUT2D eigenvalue weighted by Crippen LogP contribution is -2.54. The molecule has 0 aromatic carbocycles. The Morgan fingerprint density at radius 1 is 1.32 bits per heavy atom. The average molecular weight is 342 g/mol. The minimum atomic E-state index is -0.134. The predicted molar refractivity (Wildman–Crippen MR) is 90.3 cm³/mol. The maximum absolute atomic E-state index is 12.6. The van der Waals surface area contributed by atoms with Gasteiger partial charge in [-0.1, -0.05) is 0 Å². The number of amides is 2. The summed E-state index contributed by atoms with van der Waals surface area (Å²) >= 11 is 0. The van der Waals surface area contributed by atoms with Gasteiger partial charge in [-0.25, -0.2) is 0 Å². The summed E-state index contributed by atoms with van der Waals surface area (Å²) in [5, 5.41) is 9.36. The number of H-pyrrole nitrogens is 1. The summed E-state index contributed by atoms with van der Waals surface area (Å²) in [6.07, 6.45) is 8.80. The quantitative estimate of drug-likeness (QED) is 0.888. The van der Waals surface area contributed by atoms with E-state index in [1.807, 2.05) is 13.1 Å². The lowest BCUT2D eigenvalue weighted by Gasteiger charge is -2.41. The van der Waals surface area contributed by atoms with Crippen LogP contribution in [0.4, 0.5) is 0 Å². The molecule has 0 atom stereocenters. The van der Waals surface area contributed by atoms with Crippen molar-refractivity contribution in [1.82, 2.24) is 20.4 Å². The van der Waals surface area contributed by atoms with E-state index in [0.717, 1.165) is 44.3 Å². The largest absolute Gasteiger partial charge is 0.456 e. The number of rotatable bonds is 4. The molecule has 2 aromatic rings. The van der Waals surface area contributed by atoms with Gasteiger partial charge in [-0.3, -0.25) is 14.7 Å². The second-order valence-corrected chi connectivity index (χ2v) is 6.96. The molecule has 0 saturated heterocycles. The maximum Gasteiger partial charge on any atom is 0.289 e. The van der Waals surface area contributed by atoms with E-state index >= 15 is 0 Å². The van der Waals surface area contributed by atoms with Gasteiger partial charge in [0.05, 0.1) is 11.8 Å². The predicted octanol–water partition coefficient (Wildman–Crippen LogP) is 1.91. The van der Waals surface area contributed by atoms with E-state index in [0.29, 0.717) is 11.3 Å². The molecule has 0 aliphatic heterocycles. The van der Waals surface area contributed by atoms with Crippen LogP contribution in [0.25, 0.3) is 0 Å². The lowest BCUT2D eigenvalue weighted by molar-refractivity contribution is 0.0554. The van der Waals surface area contributed by atoms with Crippen LogP contribution in [0.3, 0.4) is 0 Å². The molecule has 1 saturated carbocycles. The SMILES string of the molecule is CN(C(=O)c1cc2c(o1)CCCC2)C1CC(NC(=O)c2cn[nH]c2)C1. The number of nitrogens with zero attached hydrogens (tertiary/aromatic N) is 2. The molecule has 0 bridgehead atoms. The standard InChI is InChI=1S/C18H22N4O3/c1-22(18(24)16-6-11-4-2-3-5-15(11)25-16)14-7-13(8-14)21-17(23)12-9-19-20-10-12/h6,9-10,13-14H,2-5,7-8H2,1H3,(H,19,20)(H,21,23). The molecule has 2 amide bonds. The van der Waals surface area contributed by atoms with Crippen molar-refractivity contribution in [3.63, 3.8) is 0 Å². The highest BCUT2D eigenvalue weighted by Crippen LogP contribution is 2.29. The van der Waals surface area contributed by atoms with Crippen molar-refractivity contribution in [3.8, 4) is 0 Å². The average Bonchev–Trinajstić information content (AvgIpc) is 3.25. The summed E-state index contributed by atoms with van der Waals surface area (Å²) in [4.78, 5) is 26.4. The number of hydrogen-bond donors (Lipinski definition) is 2. The maximum atomic E-state index is 12.6. The Morgan fingerprint density at radius 3 is 2.84 bits per heavy atom. The van der Waals surface area contributed by atoms with Gasteiger partial charge in [0.25, 0.3) is 11.8 Å². The second-order valence-electron chi connectivity index (χ2n) is 6.96. The molecule has 132 valence electrons. The molecule has 2 N–H and O–H groups in total. The van der Waals surface area contributed by atoms with Gasteiger partial charge < -0.3 is 14.6 Å². The van der Waals surface area contributed by atoms with Crippen molar-refractivity contribution in [2.24, 2.45) is 0 Å². The molecular formula is C18H22N4O3. The van der Waals surface area contributed by atoms with Crippen molar-refractivity contribution in [3.05, 3.63) is 41.1 Å². The van der Waals surface area contributed by atoms with Crippen molar-refractivity contribution < 1.29 is 14.0 Å². The third kappa shape index (κ3) is 3.06. The third-order valence-corrected chi connectivity index (χ3v) is 5.28. The van der Waals surface area contributed by atoms with Gasteiger partial charge in [0, 0.05) is 31.7 Å². The number of aromatic nitrogens is 2. The normalized spacial score (nSPS) is 22.0. The zero-order valence-electron chi connectivity index (χ0n) is 14.2. The summed E-state index contributed by atoms with van der Waals surface area (Å²) in [7, 11) is 1.81. The topological polar surface area (TPSA) is 91.2 Å².